The average molecular weight is 295 g/mol. The van der Waals surface area contributed by atoms with Crippen molar-refractivity contribution < 1.29 is 14.3 Å². The normalized spacial score (nSPS) is 16.6. The SMILES string of the molecule is CCOc1cc(/C=C2/SC(=S)NC2=O)ccc1OC. The summed E-state index contributed by atoms with van der Waals surface area (Å²) in [5.41, 5.74) is 0.867. The zero-order valence-electron chi connectivity index (χ0n) is 10.6. The molecular weight excluding hydrogens is 282 g/mol. The van der Waals surface area contributed by atoms with Crippen LogP contribution in [-0.2, 0) is 4.79 Å². The van der Waals surface area contributed by atoms with Crippen molar-refractivity contribution in [3.8, 4) is 11.5 Å². The molecule has 0 saturated carbocycles. The highest BCUT2D eigenvalue weighted by Crippen LogP contribution is 2.31. The lowest BCUT2D eigenvalue weighted by Gasteiger charge is -2.09. The molecule has 2 rings (SSSR count). The number of amides is 1. The Morgan fingerprint density at radius 3 is 2.79 bits per heavy atom. The van der Waals surface area contributed by atoms with Crippen LogP contribution in [0.25, 0.3) is 6.08 Å². The van der Waals surface area contributed by atoms with Crippen molar-refractivity contribution >= 4 is 40.3 Å². The van der Waals surface area contributed by atoms with Crippen molar-refractivity contribution in [2.75, 3.05) is 13.7 Å². The first kappa shape index (κ1) is 13.9. The van der Waals surface area contributed by atoms with E-state index in [1.54, 1.807) is 13.2 Å². The van der Waals surface area contributed by atoms with Crippen LogP contribution in [0.15, 0.2) is 23.1 Å². The van der Waals surface area contributed by atoms with Crippen molar-refractivity contribution in [3.05, 3.63) is 28.7 Å². The Morgan fingerprint density at radius 2 is 2.21 bits per heavy atom. The van der Waals surface area contributed by atoms with Gasteiger partial charge in [0.15, 0.2) is 11.5 Å². The lowest BCUT2D eigenvalue weighted by Crippen LogP contribution is -2.17. The first-order chi connectivity index (χ1) is 9.13. The van der Waals surface area contributed by atoms with E-state index in [1.165, 1.54) is 11.8 Å². The van der Waals surface area contributed by atoms with Gasteiger partial charge in [-0.3, -0.25) is 4.79 Å². The maximum absolute atomic E-state index is 11.6. The molecule has 1 aliphatic heterocycles. The van der Waals surface area contributed by atoms with Crippen LogP contribution in [0.3, 0.4) is 0 Å². The molecular formula is C13H13NO3S2. The molecule has 1 fully saturated rings. The highest BCUT2D eigenvalue weighted by atomic mass is 32.2. The van der Waals surface area contributed by atoms with Crippen LogP contribution >= 0.6 is 24.0 Å². The summed E-state index contributed by atoms with van der Waals surface area (Å²) in [6.07, 6.45) is 1.78. The number of carbonyl (C=O) groups excluding carboxylic acids is 1. The van der Waals surface area contributed by atoms with Crippen molar-refractivity contribution in [2.45, 2.75) is 6.92 Å². The zero-order chi connectivity index (χ0) is 13.8. The van der Waals surface area contributed by atoms with Gasteiger partial charge < -0.3 is 14.8 Å². The predicted molar refractivity (Wildman–Crippen MR) is 80.5 cm³/mol. The molecule has 0 radical (unpaired) electrons. The number of hydrogen-bond acceptors (Lipinski definition) is 5. The summed E-state index contributed by atoms with van der Waals surface area (Å²) in [6.45, 7) is 2.46. The fourth-order valence-corrected chi connectivity index (χ4v) is 2.67. The van der Waals surface area contributed by atoms with Gasteiger partial charge in [0.2, 0.25) is 0 Å². The van der Waals surface area contributed by atoms with E-state index in [-0.39, 0.29) is 5.91 Å². The van der Waals surface area contributed by atoms with Crippen molar-refractivity contribution in [1.29, 1.82) is 0 Å². The van der Waals surface area contributed by atoms with Gasteiger partial charge in [-0.15, -0.1) is 0 Å². The zero-order valence-corrected chi connectivity index (χ0v) is 12.2. The van der Waals surface area contributed by atoms with Gasteiger partial charge in [0, 0.05) is 0 Å². The smallest absolute Gasteiger partial charge is 0.263 e. The van der Waals surface area contributed by atoms with Crippen molar-refractivity contribution in [3.63, 3.8) is 0 Å². The number of rotatable bonds is 4. The lowest BCUT2D eigenvalue weighted by atomic mass is 10.2. The summed E-state index contributed by atoms with van der Waals surface area (Å²) >= 11 is 6.20. The molecule has 1 aromatic carbocycles. The van der Waals surface area contributed by atoms with Crippen LogP contribution in [0.4, 0.5) is 0 Å². The highest BCUT2D eigenvalue weighted by Gasteiger charge is 2.22. The average Bonchev–Trinajstić information content (AvgIpc) is 2.69. The second kappa shape index (κ2) is 6.08. The minimum absolute atomic E-state index is 0.163. The van der Waals surface area contributed by atoms with Crippen LogP contribution in [0, 0.1) is 0 Å². The van der Waals surface area contributed by atoms with E-state index in [9.17, 15) is 4.79 Å². The number of carbonyl (C=O) groups is 1. The van der Waals surface area contributed by atoms with Crippen LogP contribution < -0.4 is 14.8 Å². The van der Waals surface area contributed by atoms with E-state index in [4.69, 9.17) is 21.7 Å². The third-order valence-electron chi connectivity index (χ3n) is 2.43. The molecule has 1 amide bonds. The Balaban J connectivity index is 2.31. The second-order valence-electron chi connectivity index (χ2n) is 3.70. The summed E-state index contributed by atoms with van der Waals surface area (Å²) in [4.78, 5) is 12.2. The molecule has 1 aromatic rings. The minimum Gasteiger partial charge on any atom is -0.493 e. The summed E-state index contributed by atoms with van der Waals surface area (Å²) < 4.78 is 11.2. The molecule has 0 spiro atoms. The fraction of sp³-hybridized carbons (Fsp3) is 0.231. The molecule has 0 aliphatic carbocycles. The fourth-order valence-electron chi connectivity index (χ4n) is 1.62. The van der Waals surface area contributed by atoms with Crippen LogP contribution in [-0.4, -0.2) is 23.9 Å². The summed E-state index contributed by atoms with van der Waals surface area (Å²) in [5.74, 6) is 1.16. The molecule has 1 saturated heterocycles. The Morgan fingerprint density at radius 1 is 1.42 bits per heavy atom. The minimum atomic E-state index is -0.163. The van der Waals surface area contributed by atoms with Crippen molar-refractivity contribution in [1.82, 2.24) is 5.32 Å². The monoisotopic (exact) mass is 295 g/mol. The number of thioether (sulfide) groups is 1. The summed E-state index contributed by atoms with van der Waals surface area (Å²) in [7, 11) is 1.59. The van der Waals surface area contributed by atoms with Gasteiger partial charge in [0.1, 0.15) is 4.32 Å². The standard InChI is InChI=1S/C13H13NO3S2/c1-3-17-10-6-8(4-5-9(10)16-2)7-11-12(15)14-13(18)19-11/h4-7H,3H2,1-2H3,(H,14,15,18)/b11-7+. The largest absolute Gasteiger partial charge is 0.493 e. The third-order valence-corrected chi connectivity index (χ3v) is 3.59. The Hall–Kier alpha value is -1.53. The number of methoxy groups -OCH3 is 1. The molecule has 0 unspecified atom stereocenters. The van der Waals surface area contributed by atoms with Gasteiger partial charge in [0.25, 0.3) is 5.91 Å². The lowest BCUT2D eigenvalue weighted by molar-refractivity contribution is -0.115. The number of nitrogens with one attached hydrogen (secondary N) is 1. The van der Waals surface area contributed by atoms with Gasteiger partial charge in [-0.1, -0.05) is 30.0 Å². The summed E-state index contributed by atoms with van der Waals surface area (Å²) in [5, 5.41) is 2.58. The van der Waals surface area contributed by atoms with E-state index in [1.807, 2.05) is 25.1 Å². The van der Waals surface area contributed by atoms with E-state index >= 15 is 0 Å². The molecule has 0 atom stereocenters. The van der Waals surface area contributed by atoms with Crippen LogP contribution in [0.1, 0.15) is 12.5 Å². The Labute approximate surface area is 121 Å². The first-order valence-corrected chi connectivity index (χ1v) is 6.92. The van der Waals surface area contributed by atoms with Crippen LogP contribution in [0.2, 0.25) is 0 Å². The molecule has 1 aliphatic rings. The molecule has 1 N–H and O–H groups in total. The maximum atomic E-state index is 11.6. The van der Waals surface area contributed by atoms with Gasteiger partial charge in [-0.2, -0.15) is 0 Å². The molecule has 100 valence electrons. The van der Waals surface area contributed by atoms with Gasteiger partial charge >= 0.3 is 0 Å². The third kappa shape index (κ3) is 3.27. The number of hydrogen-bond donors (Lipinski definition) is 1. The second-order valence-corrected chi connectivity index (χ2v) is 5.41. The van der Waals surface area contributed by atoms with Crippen LogP contribution in [0.5, 0.6) is 11.5 Å². The molecule has 1 heterocycles. The van der Waals surface area contributed by atoms with E-state index in [2.05, 4.69) is 5.32 Å². The first-order valence-electron chi connectivity index (χ1n) is 5.69. The van der Waals surface area contributed by atoms with Gasteiger partial charge in [-0.25, -0.2) is 0 Å². The molecule has 0 bridgehead atoms. The molecule has 0 aromatic heterocycles. The quantitative estimate of drug-likeness (QED) is 0.683. The summed E-state index contributed by atoms with van der Waals surface area (Å²) in [6, 6.07) is 5.52. The maximum Gasteiger partial charge on any atom is 0.263 e. The van der Waals surface area contributed by atoms with Gasteiger partial charge in [-0.05, 0) is 30.7 Å². The van der Waals surface area contributed by atoms with E-state index in [0.29, 0.717) is 27.3 Å². The Kier molecular flexibility index (Phi) is 4.44. The Bertz CT molecular complexity index is 555. The number of benzene rings is 1. The molecule has 19 heavy (non-hydrogen) atoms. The van der Waals surface area contributed by atoms with E-state index in [0.717, 1.165) is 5.56 Å². The van der Waals surface area contributed by atoms with E-state index < -0.39 is 0 Å². The van der Waals surface area contributed by atoms with Crippen molar-refractivity contribution in [2.24, 2.45) is 0 Å². The topological polar surface area (TPSA) is 47.6 Å². The number of thiocarbonyl (C=S) groups is 1. The molecule has 6 heteroatoms. The highest BCUT2D eigenvalue weighted by molar-refractivity contribution is 8.26. The number of ether oxygens (including phenoxy) is 2. The van der Waals surface area contributed by atoms with Gasteiger partial charge in [0.05, 0.1) is 18.6 Å². The predicted octanol–water partition coefficient (Wildman–Crippen LogP) is 2.58. The molecule has 4 nitrogen and oxygen atoms in total.